The molecule has 0 aromatic heterocycles. The van der Waals surface area contributed by atoms with Gasteiger partial charge in [0.15, 0.2) is 0 Å². The molecule has 0 nitrogen and oxygen atoms in total. The summed E-state index contributed by atoms with van der Waals surface area (Å²) in [4.78, 5) is 0. The van der Waals surface area contributed by atoms with Crippen LogP contribution in [0.2, 0.25) is 0 Å². The first-order chi connectivity index (χ1) is 13.2. The third-order valence-electron chi connectivity index (χ3n) is 6.93. The first-order valence-electron chi connectivity index (χ1n) is 11.2. The molecule has 1 aromatic rings. The van der Waals surface area contributed by atoms with E-state index in [0.29, 0.717) is 5.92 Å². The van der Waals surface area contributed by atoms with Crippen molar-refractivity contribution in [2.75, 3.05) is 0 Å². The highest BCUT2D eigenvalue weighted by Gasteiger charge is 2.23. The monoisotopic (exact) mass is 366 g/mol. The van der Waals surface area contributed by atoms with E-state index in [1.165, 1.54) is 82.8 Å². The summed E-state index contributed by atoms with van der Waals surface area (Å²) >= 11 is 0. The summed E-state index contributed by atoms with van der Waals surface area (Å²) in [6.45, 7) is 2.35. The fraction of sp³-hybridized carbons (Fsp3) is 0.615. The standard InChI is InChI=1S/C26H35F/c1-2-21-7-9-24(10-8-21)15-16-25-13-11-22(12-14-25)5-3-4-6-23-17-19-26(27)20-18-23/h3,5,17-22,24-25H,2,7-16H2,1H3/b5-3+/t21-,22?,24-,25?. The van der Waals surface area contributed by atoms with Crippen LogP contribution in [0.4, 0.5) is 4.39 Å². The summed E-state index contributed by atoms with van der Waals surface area (Å²) in [6.07, 6.45) is 20.0. The van der Waals surface area contributed by atoms with Crippen molar-refractivity contribution in [3.8, 4) is 11.8 Å². The molecule has 0 spiro atoms. The summed E-state index contributed by atoms with van der Waals surface area (Å²) in [5, 5.41) is 0. The van der Waals surface area contributed by atoms with Gasteiger partial charge < -0.3 is 0 Å². The maximum atomic E-state index is 12.9. The molecule has 0 amide bonds. The van der Waals surface area contributed by atoms with Crippen LogP contribution < -0.4 is 0 Å². The zero-order valence-corrected chi connectivity index (χ0v) is 16.9. The molecule has 2 aliphatic rings. The van der Waals surface area contributed by atoms with E-state index in [0.717, 1.165) is 23.3 Å². The van der Waals surface area contributed by atoms with Crippen molar-refractivity contribution in [1.29, 1.82) is 0 Å². The molecular weight excluding hydrogens is 331 g/mol. The molecule has 1 aromatic carbocycles. The minimum absolute atomic E-state index is 0.207. The molecule has 27 heavy (non-hydrogen) atoms. The smallest absolute Gasteiger partial charge is 0.123 e. The predicted octanol–water partition coefficient (Wildman–Crippen LogP) is 7.54. The lowest BCUT2D eigenvalue weighted by molar-refractivity contribution is 0.224. The summed E-state index contributed by atoms with van der Waals surface area (Å²) in [5.74, 6) is 9.68. The van der Waals surface area contributed by atoms with Gasteiger partial charge in [0, 0.05) is 5.56 Å². The third kappa shape index (κ3) is 6.84. The first-order valence-corrected chi connectivity index (χ1v) is 11.2. The van der Waals surface area contributed by atoms with Crippen LogP contribution in [0.3, 0.4) is 0 Å². The first kappa shape index (κ1) is 20.2. The van der Waals surface area contributed by atoms with Gasteiger partial charge in [0.1, 0.15) is 5.82 Å². The van der Waals surface area contributed by atoms with E-state index in [1.54, 1.807) is 12.1 Å². The van der Waals surface area contributed by atoms with Crippen molar-refractivity contribution in [3.05, 3.63) is 47.8 Å². The number of halogens is 1. The second-order valence-electron chi connectivity index (χ2n) is 8.79. The van der Waals surface area contributed by atoms with Crippen molar-refractivity contribution in [3.63, 3.8) is 0 Å². The molecule has 2 aliphatic carbocycles. The van der Waals surface area contributed by atoms with E-state index >= 15 is 0 Å². The number of allylic oxidation sites excluding steroid dienone is 2. The zero-order valence-electron chi connectivity index (χ0n) is 16.9. The quantitative estimate of drug-likeness (QED) is 0.472. The van der Waals surface area contributed by atoms with E-state index in [-0.39, 0.29) is 5.82 Å². The molecule has 0 aliphatic heterocycles. The van der Waals surface area contributed by atoms with Crippen LogP contribution in [0, 0.1) is 41.3 Å². The molecule has 2 fully saturated rings. The van der Waals surface area contributed by atoms with Gasteiger partial charge in [-0.15, -0.1) is 0 Å². The molecule has 146 valence electrons. The van der Waals surface area contributed by atoms with E-state index in [2.05, 4.69) is 24.8 Å². The van der Waals surface area contributed by atoms with E-state index in [9.17, 15) is 4.39 Å². The lowest BCUT2D eigenvalue weighted by Crippen LogP contribution is -2.17. The van der Waals surface area contributed by atoms with Gasteiger partial charge in [-0.1, -0.05) is 69.8 Å². The Bertz CT molecular complexity index is 629. The second kappa shape index (κ2) is 10.7. The summed E-state index contributed by atoms with van der Waals surface area (Å²) in [6, 6.07) is 6.39. The van der Waals surface area contributed by atoms with E-state index in [4.69, 9.17) is 0 Å². The molecular formula is C26H35F. The van der Waals surface area contributed by atoms with Crippen LogP contribution in [0.15, 0.2) is 36.4 Å². The SMILES string of the molecule is CC[C@H]1CC[C@H](CCC2CCC(/C=C/C#Cc3ccc(F)cc3)CC2)CC1. The van der Waals surface area contributed by atoms with Gasteiger partial charge in [-0.2, -0.15) is 0 Å². The van der Waals surface area contributed by atoms with Crippen LogP contribution in [-0.4, -0.2) is 0 Å². The van der Waals surface area contributed by atoms with Crippen LogP contribution in [0.25, 0.3) is 0 Å². The van der Waals surface area contributed by atoms with Gasteiger partial charge in [0.05, 0.1) is 0 Å². The fourth-order valence-electron chi connectivity index (χ4n) is 4.91. The van der Waals surface area contributed by atoms with Crippen molar-refractivity contribution in [1.82, 2.24) is 0 Å². The van der Waals surface area contributed by atoms with Gasteiger partial charge >= 0.3 is 0 Å². The van der Waals surface area contributed by atoms with Crippen molar-refractivity contribution >= 4 is 0 Å². The van der Waals surface area contributed by atoms with Gasteiger partial charge in [-0.25, -0.2) is 4.39 Å². The predicted molar refractivity (Wildman–Crippen MR) is 113 cm³/mol. The minimum Gasteiger partial charge on any atom is -0.207 e. The third-order valence-corrected chi connectivity index (χ3v) is 6.93. The van der Waals surface area contributed by atoms with E-state index < -0.39 is 0 Å². The van der Waals surface area contributed by atoms with Gasteiger partial charge in [-0.3, -0.25) is 0 Å². The molecule has 0 bridgehead atoms. The average Bonchev–Trinajstić information content (AvgIpc) is 2.72. The van der Waals surface area contributed by atoms with Gasteiger partial charge in [-0.05, 0) is 79.7 Å². The summed E-state index contributed by atoms with van der Waals surface area (Å²) in [7, 11) is 0. The largest absolute Gasteiger partial charge is 0.207 e. The molecule has 0 unspecified atom stereocenters. The van der Waals surface area contributed by atoms with Crippen LogP contribution in [-0.2, 0) is 0 Å². The Balaban J connectivity index is 1.32. The molecule has 2 saturated carbocycles. The Morgan fingerprint density at radius 1 is 0.852 bits per heavy atom. The minimum atomic E-state index is -0.207. The zero-order chi connectivity index (χ0) is 18.9. The second-order valence-corrected chi connectivity index (χ2v) is 8.79. The topological polar surface area (TPSA) is 0 Å². The van der Waals surface area contributed by atoms with Gasteiger partial charge in [0.25, 0.3) is 0 Å². The Labute approximate surface area is 165 Å². The highest BCUT2D eigenvalue weighted by molar-refractivity contribution is 5.36. The molecule has 3 rings (SSSR count). The Morgan fingerprint density at radius 3 is 2.00 bits per heavy atom. The highest BCUT2D eigenvalue weighted by Crippen LogP contribution is 2.37. The molecule has 0 atom stereocenters. The van der Waals surface area contributed by atoms with Crippen LogP contribution >= 0.6 is 0 Å². The average molecular weight is 367 g/mol. The molecule has 1 heteroatoms. The lowest BCUT2D eigenvalue weighted by atomic mass is 9.75. The number of benzene rings is 1. The molecule has 0 radical (unpaired) electrons. The van der Waals surface area contributed by atoms with E-state index in [1.807, 2.05) is 6.08 Å². The van der Waals surface area contributed by atoms with Crippen molar-refractivity contribution in [2.45, 2.75) is 77.6 Å². The van der Waals surface area contributed by atoms with Gasteiger partial charge in [0.2, 0.25) is 0 Å². The highest BCUT2D eigenvalue weighted by atomic mass is 19.1. The van der Waals surface area contributed by atoms with Crippen LogP contribution in [0.5, 0.6) is 0 Å². The normalized spacial score (nSPS) is 28.7. The van der Waals surface area contributed by atoms with Crippen molar-refractivity contribution < 1.29 is 4.39 Å². The number of hydrogen-bond acceptors (Lipinski definition) is 0. The van der Waals surface area contributed by atoms with Crippen molar-refractivity contribution in [2.24, 2.45) is 23.7 Å². The Morgan fingerprint density at radius 2 is 1.41 bits per heavy atom. The lowest BCUT2D eigenvalue weighted by Gasteiger charge is -2.31. The molecule has 0 N–H and O–H groups in total. The van der Waals surface area contributed by atoms with Crippen LogP contribution in [0.1, 0.15) is 83.1 Å². The molecule has 0 saturated heterocycles. The summed E-state index contributed by atoms with van der Waals surface area (Å²) < 4.78 is 12.9. The maximum Gasteiger partial charge on any atom is 0.123 e. The summed E-state index contributed by atoms with van der Waals surface area (Å²) in [5.41, 5.74) is 0.873. The maximum absolute atomic E-state index is 12.9. The fourth-order valence-corrected chi connectivity index (χ4v) is 4.91. The number of rotatable bonds is 5. The molecule has 0 heterocycles. The Kier molecular flexibility index (Phi) is 8.00. The number of hydrogen-bond donors (Lipinski definition) is 0. The Hall–Kier alpha value is -1.55.